The maximum atomic E-state index is 11.6. The molecule has 2 heteroatoms. The van der Waals surface area contributed by atoms with E-state index in [4.69, 9.17) is 0 Å². The molecular weight excluding hydrogens is 228 g/mol. The molecule has 0 saturated carbocycles. The predicted octanol–water partition coefficient (Wildman–Crippen LogP) is 4.20. The molecule has 0 unspecified atom stereocenters. The van der Waals surface area contributed by atoms with Crippen LogP contribution in [0.15, 0.2) is 66.1 Å². The fourth-order valence-corrected chi connectivity index (χ4v) is 2.02. The average Bonchev–Trinajstić information content (AvgIpc) is 2.89. The summed E-state index contributed by atoms with van der Waals surface area (Å²) < 4.78 is 0. The lowest BCUT2D eigenvalue weighted by Crippen LogP contribution is -1.87. The number of allylic oxidation sites excluding steroid dienone is 3. The third-order valence-electron chi connectivity index (χ3n) is 2.21. The monoisotopic (exact) mass is 240 g/mol. The van der Waals surface area contributed by atoms with E-state index in [1.165, 1.54) is 11.3 Å². The molecule has 0 aliphatic carbocycles. The first-order chi connectivity index (χ1) is 8.36. The Bertz CT molecular complexity index is 521. The zero-order valence-corrected chi connectivity index (χ0v) is 10.1. The highest BCUT2D eigenvalue weighted by molar-refractivity contribution is 7.12. The standard InChI is InChI=1S/C15H12OS/c16-14(15-11-6-12-17-15)10-5-4-9-13-7-2-1-3-8-13/h1-12H/b9-4+,10-5+. The summed E-state index contributed by atoms with van der Waals surface area (Å²) in [4.78, 5) is 12.4. The Morgan fingerprint density at radius 2 is 1.82 bits per heavy atom. The number of ketones is 1. The van der Waals surface area contributed by atoms with Crippen molar-refractivity contribution in [1.82, 2.24) is 0 Å². The van der Waals surface area contributed by atoms with E-state index in [0.717, 1.165) is 10.4 Å². The molecule has 0 aliphatic heterocycles. The van der Waals surface area contributed by atoms with Crippen molar-refractivity contribution in [2.45, 2.75) is 0 Å². The van der Waals surface area contributed by atoms with Crippen molar-refractivity contribution in [2.75, 3.05) is 0 Å². The summed E-state index contributed by atoms with van der Waals surface area (Å²) in [7, 11) is 0. The number of hydrogen-bond donors (Lipinski definition) is 0. The topological polar surface area (TPSA) is 17.1 Å². The Labute approximate surface area is 105 Å². The average molecular weight is 240 g/mol. The quantitative estimate of drug-likeness (QED) is 0.444. The molecule has 1 nitrogen and oxygen atoms in total. The Balaban J connectivity index is 1.94. The molecule has 0 saturated heterocycles. The van der Waals surface area contributed by atoms with Gasteiger partial charge in [0.05, 0.1) is 4.88 Å². The maximum absolute atomic E-state index is 11.6. The minimum absolute atomic E-state index is 0.0534. The van der Waals surface area contributed by atoms with Crippen LogP contribution in [0.3, 0.4) is 0 Å². The van der Waals surface area contributed by atoms with Crippen molar-refractivity contribution in [1.29, 1.82) is 0 Å². The van der Waals surface area contributed by atoms with Gasteiger partial charge in [-0.05, 0) is 23.1 Å². The molecule has 1 aromatic heterocycles. The largest absolute Gasteiger partial charge is 0.288 e. The van der Waals surface area contributed by atoms with Gasteiger partial charge in [0.1, 0.15) is 0 Å². The van der Waals surface area contributed by atoms with Gasteiger partial charge in [0.2, 0.25) is 0 Å². The molecule has 0 fully saturated rings. The Kier molecular flexibility index (Phi) is 4.05. The normalized spacial score (nSPS) is 11.3. The fraction of sp³-hybridized carbons (Fsp3) is 0. The van der Waals surface area contributed by atoms with Crippen LogP contribution < -0.4 is 0 Å². The summed E-state index contributed by atoms with van der Waals surface area (Å²) >= 11 is 1.46. The highest BCUT2D eigenvalue weighted by Gasteiger charge is 1.99. The van der Waals surface area contributed by atoms with Crippen LogP contribution in [0.5, 0.6) is 0 Å². The van der Waals surface area contributed by atoms with Crippen molar-refractivity contribution < 1.29 is 4.79 Å². The van der Waals surface area contributed by atoms with Crippen LogP contribution in [0.1, 0.15) is 15.2 Å². The highest BCUT2D eigenvalue weighted by atomic mass is 32.1. The molecule has 2 aromatic rings. The Morgan fingerprint density at radius 3 is 2.53 bits per heavy atom. The molecule has 0 spiro atoms. The summed E-state index contributed by atoms with van der Waals surface area (Å²) in [6.07, 6.45) is 7.21. The lowest BCUT2D eigenvalue weighted by atomic mass is 10.2. The summed E-state index contributed by atoms with van der Waals surface area (Å²) in [5, 5.41) is 1.90. The molecule has 0 atom stereocenters. The van der Waals surface area contributed by atoms with E-state index in [1.807, 2.05) is 60.0 Å². The van der Waals surface area contributed by atoms with Crippen molar-refractivity contribution >= 4 is 23.2 Å². The maximum Gasteiger partial charge on any atom is 0.195 e. The molecule has 1 aromatic carbocycles. The molecule has 1 heterocycles. The zero-order chi connectivity index (χ0) is 11.9. The van der Waals surface area contributed by atoms with Crippen molar-refractivity contribution in [3.8, 4) is 0 Å². The zero-order valence-electron chi connectivity index (χ0n) is 9.24. The van der Waals surface area contributed by atoms with Crippen LogP contribution in [-0.4, -0.2) is 5.78 Å². The van der Waals surface area contributed by atoms with Crippen LogP contribution in [0, 0.1) is 0 Å². The minimum Gasteiger partial charge on any atom is -0.288 e. The first-order valence-corrected chi connectivity index (χ1v) is 6.22. The van der Waals surface area contributed by atoms with E-state index < -0.39 is 0 Å². The van der Waals surface area contributed by atoms with Gasteiger partial charge in [0, 0.05) is 0 Å². The van der Waals surface area contributed by atoms with Crippen molar-refractivity contribution in [2.24, 2.45) is 0 Å². The number of thiophene rings is 1. The number of benzene rings is 1. The Morgan fingerprint density at radius 1 is 1.00 bits per heavy atom. The van der Waals surface area contributed by atoms with Crippen LogP contribution in [0.2, 0.25) is 0 Å². The fourth-order valence-electron chi connectivity index (χ4n) is 1.37. The Hall–Kier alpha value is -1.93. The second kappa shape index (κ2) is 5.97. The number of carbonyl (C=O) groups excluding carboxylic acids is 1. The van der Waals surface area contributed by atoms with E-state index >= 15 is 0 Å². The van der Waals surface area contributed by atoms with Crippen molar-refractivity contribution in [3.05, 3.63) is 76.5 Å². The molecule has 0 bridgehead atoms. The predicted molar refractivity (Wildman–Crippen MR) is 73.3 cm³/mol. The lowest BCUT2D eigenvalue weighted by Gasteiger charge is -1.89. The molecule has 0 N–H and O–H groups in total. The molecule has 17 heavy (non-hydrogen) atoms. The first-order valence-electron chi connectivity index (χ1n) is 5.34. The summed E-state index contributed by atoms with van der Waals surface area (Å²) in [5.41, 5.74) is 1.13. The SMILES string of the molecule is O=C(/C=C/C=C/c1ccccc1)c1cccs1. The molecule has 2 rings (SSSR count). The van der Waals surface area contributed by atoms with Gasteiger partial charge in [0.25, 0.3) is 0 Å². The van der Waals surface area contributed by atoms with Crippen molar-refractivity contribution in [3.63, 3.8) is 0 Å². The van der Waals surface area contributed by atoms with Gasteiger partial charge in [-0.3, -0.25) is 4.79 Å². The van der Waals surface area contributed by atoms with E-state index in [0.29, 0.717) is 0 Å². The van der Waals surface area contributed by atoms with Gasteiger partial charge in [-0.1, -0.05) is 54.6 Å². The smallest absolute Gasteiger partial charge is 0.195 e. The number of hydrogen-bond acceptors (Lipinski definition) is 2. The van der Waals surface area contributed by atoms with Gasteiger partial charge in [-0.25, -0.2) is 0 Å². The third-order valence-corrected chi connectivity index (χ3v) is 3.10. The molecule has 0 aliphatic rings. The summed E-state index contributed by atoms with van der Waals surface area (Å²) in [6, 6.07) is 13.7. The van der Waals surface area contributed by atoms with Gasteiger partial charge in [-0.2, -0.15) is 0 Å². The van der Waals surface area contributed by atoms with Gasteiger partial charge in [-0.15, -0.1) is 11.3 Å². The van der Waals surface area contributed by atoms with Crippen LogP contribution in [-0.2, 0) is 0 Å². The molecule has 0 amide bonds. The van der Waals surface area contributed by atoms with Gasteiger partial charge >= 0.3 is 0 Å². The molecular formula is C15H12OS. The number of rotatable bonds is 4. The molecule has 0 radical (unpaired) electrons. The first kappa shape index (κ1) is 11.6. The van der Waals surface area contributed by atoms with E-state index in [2.05, 4.69) is 0 Å². The summed E-state index contributed by atoms with van der Waals surface area (Å²) in [6.45, 7) is 0. The van der Waals surface area contributed by atoms with Crippen LogP contribution >= 0.6 is 11.3 Å². The third kappa shape index (κ3) is 3.54. The second-order valence-corrected chi connectivity index (χ2v) is 4.42. The molecule has 84 valence electrons. The summed E-state index contributed by atoms with van der Waals surface area (Å²) in [5.74, 6) is 0.0534. The van der Waals surface area contributed by atoms with Gasteiger partial charge in [0.15, 0.2) is 5.78 Å². The van der Waals surface area contributed by atoms with E-state index in [-0.39, 0.29) is 5.78 Å². The van der Waals surface area contributed by atoms with E-state index in [9.17, 15) is 4.79 Å². The lowest BCUT2D eigenvalue weighted by molar-refractivity contribution is 0.105. The minimum atomic E-state index is 0.0534. The van der Waals surface area contributed by atoms with Crippen LogP contribution in [0.4, 0.5) is 0 Å². The van der Waals surface area contributed by atoms with E-state index in [1.54, 1.807) is 12.2 Å². The van der Waals surface area contributed by atoms with Gasteiger partial charge < -0.3 is 0 Å². The number of carbonyl (C=O) groups is 1. The second-order valence-electron chi connectivity index (χ2n) is 3.47. The van der Waals surface area contributed by atoms with Crippen LogP contribution in [0.25, 0.3) is 6.08 Å². The highest BCUT2D eigenvalue weighted by Crippen LogP contribution is 2.09.